The highest BCUT2D eigenvalue weighted by Crippen LogP contribution is 2.33. The maximum absolute atomic E-state index is 12.9. The van der Waals surface area contributed by atoms with Gasteiger partial charge < -0.3 is 0 Å². The number of carbonyl (C=O) groups is 1. The molecule has 1 aromatic rings. The van der Waals surface area contributed by atoms with Crippen molar-refractivity contribution in [3.8, 4) is 0 Å². The number of carbonyl (C=O) groups excluding carboxylic acids is 1. The first kappa shape index (κ1) is 15.5. The van der Waals surface area contributed by atoms with E-state index < -0.39 is 0 Å². The number of likely N-dealkylation sites (N-methyl/N-ethyl adjacent to an activating group) is 1. The second-order valence-electron chi connectivity index (χ2n) is 6.03. The summed E-state index contributed by atoms with van der Waals surface area (Å²) in [6.45, 7) is 0. The summed E-state index contributed by atoms with van der Waals surface area (Å²) in [7, 11) is 4.08. The van der Waals surface area contributed by atoms with E-state index in [0.717, 1.165) is 31.2 Å². The van der Waals surface area contributed by atoms with Crippen LogP contribution in [0.25, 0.3) is 0 Å². The van der Waals surface area contributed by atoms with Gasteiger partial charge in [-0.3, -0.25) is 9.69 Å². The highest BCUT2D eigenvalue weighted by molar-refractivity contribution is 6.31. The van der Waals surface area contributed by atoms with Crippen LogP contribution >= 0.6 is 11.6 Å². The molecule has 0 bridgehead atoms. The van der Waals surface area contributed by atoms with E-state index in [9.17, 15) is 4.79 Å². The van der Waals surface area contributed by atoms with E-state index >= 15 is 0 Å². The van der Waals surface area contributed by atoms with E-state index in [2.05, 4.69) is 4.90 Å². The molecule has 20 heavy (non-hydrogen) atoms. The Kier molecular flexibility index (Phi) is 5.22. The summed E-state index contributed by atoms with van der Waals surface area (Å²) in [5.41, 5.74) is 0.653. The second-order valence-corrected chi connectivity index (χ2v) is 6.44. The van der Waals surface area contributed by atoms with Crippen LogP contribution < -0.4 is 0 Å². The van der Waals surface area contributed by atoms with Crippen molar-refractivity contribution in [2.24, 2.45) is 0 Å². The van der Waals surface area contributed by atoms with Gasteiger partial charge in [-0.25, -0.2) is 0 Å². The first-order valence-electron chi connectivity index (χ1n) is 7.50. The van der Waals surface area contributed by atoms with Gasteiger partial charge in [0.25, 0.3) is 0 Å². The number of hydrogen-bond acceptors (Lipinski definition) is 2. The Morgan fingerprint density at radius 1 is 1.15 bits per heavy atom. The van der Waals surface area contributed by atoms with Gasteiger partial charge in [0.05, 0.1) is 5.54 Å². The zero-order chi connectivity index (χ0) is 14.6. The number of hydrogen-bond donors (Lipinski definition) is 0. The van der Waals surface area contributed by atoms with Crippen LogP contribution in [-0.2, 0) is 11.2 Å². The molecule has 2 nitrogen and oxygen atoms in total. The third-order valence-corrected chi connectivity index (χ3v) is 4.98. The van der Waals surface area contributed by atoms with E-state index in [1.54, 1.807) is 0 Å². The minimum Gasteiger partial charge on any atom is -0.297 e. The Morgan fingerprint density at radius 3 is 2.30 bits per heavy atom. The Bertz CT molecular complexity index is 462. The fourth-order valence-corrected chi connectivity index (χ4v) is 3.47. The first-order valence-corrected chi connectivity index (χ1v) is 7.88. The van der Waals surface area contributed by atoms with E-state index in [4.69, 9.17) is 11.6 Å². The van der Waals surface area contributed by atoms with Crippen molar-refractivity contribution < 1.29 is 4.79 Å². The molecule has 1 aliphatic carbocycles. The molecular formula is C17H24ClNO. The lowest BCUT2D eigenvalue weighted by Crippen LogP contribution is -2.51. The molecule has 3 heteroatoms. The topological polar surface area (TPSA) is 20.3 Å². The van der Waals surface area contributed by atoms with Crippen LogP contribution in [0.2, 0.25) is 5.02 Å². The lowest BCUT2D eigenvalue weighted by molar-refractivity contribution is -0.130. The number of benzene rings is 1. The van der Waals surface area contributed by atoms with E-state index in [0.29, 0.717) is 17.2 Å². The van der Waals surface area contributed by atoms with E-state index in [1.807, 2.05) is 38.4 Å². The van der Waals surface area contributed by atoms with Crippen molar-refractivity contribution in [1.82, 2.24) is 4.90 Å². The standard InChI is InChI=1S/C17H24ClNO/c1-19(2)17(11-7-3-4-8-12-17)16(20)13-14-9-5-6-10-15(14)18/h5-6,9-10H,3-4,7-8,11-13H2,1-2H3. The summed E-state index contributed by atoms with van der Waals surface area (Å²) in [4.78, 5) is 15.1. The number of ketones is 1. The number of Topliss-reactive ketones (excluding diaryl/α,β-unsaturated/α-hetero) is 1. The number of rotatable bonds is 4. The summed E-state index contributed by atoms with van der Waals surface area (Å²) in [5, 5.41) is 0.698. The van der Waals surface area contributed by atoms with Crippen molar-refractivity contribution in [2.45, 2.75) is 50.5 Å². The minimum atomic E-state index is -0.296. The van der Waals surface area contributed by atoms with Crippen molar-refractivity contribution in [2.75, 3.05) is 14.1 Å². The molecule has 0 spiro atoms. The van der Waals surface area contributed by atoms with Crippen LogP contribution in [-0.4, -0.2) is 30.3 Å². The van der Waals surface area contributed by atoms with Gasteiger partial charge in [0.1, 0.15) is 0 Å². The summed E-state index contributed by atoms with van der Waals surface area (Å²) in [6.07, 6.45) is 7.17. The number of nitrogens with zero attached hydrogens (tertiary/aromatic N) is 1. The van der Waals surface area contributed by atoms with Gasteiger partial charge in [-0.05, 0) is 38.6 Å². The fraction of sp³-hybridized carbons (Fsp3) is 0.588. The largest absolute Gasteiger partial charge is 0.297 e. The molecular weight excluding hydrogens is 270 g/mol. The number of halogens is 1. The van der Waals surface area contributed by atoms with Crippen LogP contribution in [0.15, 0.2) is 24.3 Å². The van der Waals surface area contributed by atoms with Crippen molar-refractivity contribution in [3.63, 3.8) is 0 Å². The first-order chi connectivity index (χ1) is 9.56. The SMILES string of the molecule is CN(C)C1(C(=O)Cc2ccccc2Cl)CCCCCC1. The monoisotopic (exact) mass is 293 g/mol. The smallest absolute Gasteiger partial charge is 0.157 e. The van der Waals surface area contributed by atoms with Gasteiger partial charge in [0.2, 0.25) is 0 Å². The predicted molar refractivity (Wildman–Crippen MR) is 84.3 cm³/mol. The highest BCUT2D eigenvalue weighted by atomic mass is 35.5. The third kappa shape index (κ3) is 3.24. The molecule has 2 rings (SSSR count). The average molecular weight is 294 g/mol. The fourth-order valence-electron chi connectivity index (χ4n) is 3.27. The van der Waals surface area contributed by atoms with Gasteiger partial charge in [-0.2, -0.15) is 0 Å². The van der Waals surface area contributed by atoms with E-state index in [-0.39, 0.29) is 5.54 Å². The summed E-state index contributed by atoms with van der Waals surface area (Å²) in [5.74, 6) is 0.317. The molecule has 0 amide bonds. The zero-order valence-corrected chi connectivity index (χ0v) is 13.2. The van der Waals surface area contributed by atoms with Crippen molar-refractivity contribution >= 4 is 17.4 Å². The Morgan fingerprint density at radius 2 is 1.75 bits per heavy atom. The van der Waals surface area contributed by atoms with Gasteiger partial charge >= 0.3 is 0 Å². The molecule has 110 valence electrons. The van der Waals surface area contributed by atoms with Crippen LogP contribution in [0.1, 0.15) is 44.1 Å². The zero-order valence-electron chi connectivity index (χ0n) is 12.5. The summed E-state index contributed by atoms with van der Waals surface area (Å²) in [6, 6.07) is 7.67. The molecule has 0 aromatic heterocycles. The predicted octanol–water partition coefficient (Wildman–Crippen LogP) is 4.11. The maximum atomic E-state index is 12.9. The highest BCUT2D eigenvalue weighted by Gasteiger charge is 2.40. The van der Waals surface area contributed by atoms with Crippen molar-refractivity contribution in [3.05, 3.63) is 34.9 Å². The molecule has 0 unspecified atom stereocenters. The molecule has 0 heterocycles. The van der Waals surface area contributed by atoms with Gasteiger partial charge in [-0.15, -0.1) is 0 Å². The van der Waals surface area contributed by atoms with Crippen LogP contribution in [0.3, 0.4) is 0 Å². The Labute approximate surface area is 127 Å². The lowest BCUT2D eigenvalue weighted by atomic mass is 9.82. The third-order valence-electron chi connectivity index (χ3n) is 4.61. The van der Waals surface area contributed by atoms with Gasteiger partial charge in [0.15, 0.2) is 5.78 Å². The van der Waals surface area contributed by atoms with Crippen LogP contribution in [0.4, 0.5) is 0 Å². The molecule has 0 atom stereocenters. The Balaban J connectivity index is 2.21. The Hall–Kier alpha value is -0.860. The van der Waals surface area contributed by atoms with Gasteiger partial charge in [0, 0.05) is 11.4 Å². The maximum Gasteiger partial charge on any atom is 0.157 e. The van der Waals surface area contributed by atoms with Crippen LogP contribution in [0, 0.1) is 0 Å². The molecule has 0 aliphatic heterocycles. The molecule has 1 saturated carbocycles. The average Bonchev–Trinajstić information content (AvgIpc) is 2.68. The lowest BCUT2D eigenvalue weighted by Gasteiger charge is -2.38. The van der Waals surface area contributed by atoms with Gasteiger partial charge in [-0.1, -0.05) is 55.5 Å². The summed E-state index contributed by atoms with van der Waals surface area (Å²) < 4.78 is 0. The quantitative estimate of drug-likeness (QED) is 0.779. The van der Waals surface area contributed by atoms with Crippen molar-refractivity contribution in [1.29, 1.82) is 0 Å². The van der Waals surface area contributed by atoms with Crippen LogP contribution in [0.5, 0.6) is 0 Å². The normalized spacial score (nSPS) is 18.8. The molecule has 1 fully saturated rings. The molecule has 1 aliphatic rings. The van der Waals surface area contributed by atoms with E-state index in [1.165, 1.54) is 12.8 Å². The molecule has 0 N–H and O–H groups in total. The second kappa shape index (κ2) is 6.73. The summed E-state index contributed by atoms with van der Waals surface area (Å²) >= 11 is 6.20. The molecule has 0 saturated heterocycles. The molecule has 0 radical (unpaired) electrons. The molecule has 1 aromatic carbocycles. The minimum absolute atomic E-state index is 0.296.